The molecule has 0 unspecified atom stereocenters. The highest BCUT2D eigenvalue weighted by molar-refractivity contribution is 14.1. The Bertz CT molecular complexity index is 375. The molecule has 0 saturated carbocycles. The molecule has 0 spiro atoms. The van der Waals surface area contributed by atoms with E-state index in [1.807, 2.05) is 22.6 Å². The second kappa shape index (κ2) is 4.33. The van der Waals surface area contributed by atoms with E-state index in [1.165, 1.54) is 13.0 Å². The molecular formula is C10H9F2IO. The molecule has 0 atom stereocenters. The first-order chi connectivity index (χ1) is 6.43. The Hall–Kier alpha value is -0.520. The first kappa shape index (κ1) is 11.6. The lowest BCUT2D eigenvalue weighted by molar-refractivity contribution is 0.101. The molecule has 0 bridgehead atoms. The highest BCUT2D eigenvalue weighted by atomic mass is 127. The highest BCUT2D eigenvalue weighted by Gasteiger charge is 2.15. The second-order valence-corrected chi connectivity index (χ2v) is 4.21. The third-order valence-electron chi connectivity index (χ3n) is 1.97. The van der Waals surface area contributed by atoms with Gasteiger partial charge in [-0.1, -0.05) is 0 Å². The van der Waals surface area contributed by atoms with Gasteiger partial charge in [0.15, 0.2) is 5.78 Å². The van der Waals surface area contributed by atoms with E-state index >= 15 is 0 Å². The number of halogens is 3. The van der Waals surface area contributed by atoms with Gasteiger partial charge in [-0.3, -0.25) is 4.79 Å². The van der Waals surface area contributed by atoms with Crippen molar-refractivity contribution in [3.8, 4) is 0 Å². The molecule has 0 amide bonds. The fourth-order valence-corrected chi connectivity index (χ4v) is 2.20. The van der Waals surface area contributed by atoms with E-state index < -0.39 is 6.43 Å². The van der Waals surface area contributed by atoms with Crippen LogP contribution in [0.1, 0.15) is 34.8 Å². The van der Waals surface area contributed by atoms with E-state index in [9.17, 15) is 13.6 Å². The molecule has 0 fully saturated rings. The predicted octanol–water partition coefficient (Wildman–Crippen LogP) is 3.74. The predicted molar refractivity (Wildman–Crippen MR) is 58.9 cm³/mol. The van der Waals surface area contributed by atoms with E-state index in [1.54, 1.807) is 13.0 Å². The summed E-state index contributed by atoms with van der Waals surface area (Å²) in [5.41, 5.74) is 0.830. The molecule has 0 radical (unpaired) electrons. The highest BCUT2D eigenvalue weighted by Crippen LogP contribution is 2.26. The van der Waals surface area contributed by atoms with Crippen LogP contribution in [0.3, 0.4) is 0 Å². The molecule has 1 aromatic rings. The summed E-state index contributed by atoms with van der Waals surface area (Å²) in [6.45, 7) is 3.00. The zero-order chi connectivity index (χ0) is 10.9. The van der Waals surface area contributed by atoms with Crippen molar-refractivity contribution in [1.29, 1.82) is 0 Å². The molecule has 0 aliphatic rings. The molecule has 0 aromatic heterocycles. The van der Waals surface area contributed by atoms with Crippen LogP contribution in [-0.4, -0.2) is 5.78 Å². The molecule has 14 heavy (non-hydrogen) atoms. The molecule has 4 heteroatoms. The van der Waals surface area contributed by atoms with E-state index in [4.69, 9.17) is 0 Å². The lowest BCUT2D eigenvalue weighted by Gasteiger charge is -2.08. The van der Waals surface area contributed by atoms with Crippen LogP contribution in [0.15, 0.2) is 12.1 Å². The van der Waals surface area contributed by atoms with Gasteiger partial charge in [-0.15, -0.1) is 0 Å². The first-order valence-corrected chi connectivity index (χ1v) is 5.10. The Balaban J connectivity index is 3.34. The molecular weight excluding hydrogens is 301 g/mol. The smallest absolute Gasteiger partial charge is 0.264 e. The van der Waals surface area contributed by atoms with Crippen molar-refractivity contribution >= 4 is 28.4 Å². The number of ketones is 1. The summed E-state index contributed by atoms with van der Waals surface area (Å²) in [5, 5.41) is 0. The summed E-state index contributed by atoms with van der Waals surface area (Å²) in [4.78, 5) is 11.1. The molecule has 0 N–H and O–H groups in total. The molecule has 0 saturated heterocycles. The zero-order valence-corrected chi connectivity index (χ0v) is 9.93. The van der Waals surface area contributed by atoms with Gasteiger partial charge in [0, 0.05) is 14.7 Å². The van der Waals surface area contributed by atoms with Gasteiger partial charge in [0.05, 0.1) is 0 Å². The Morgan fingerprint density at radius 1 is 1.43 bits per heavy atom. The molecule has 0 heterocycles. The number of carbonyl (C=O) groups is 1. The van der Waals surface area contributed by atoms with Crippen LogP contribution in [0, 0.1) is 10.5 Å². The minimum Gasteiger partial charge on any atom is -0.294 e. The minimum atomic E-state index is -2.52. The summed E-state index contributed by atoms with van der Waals surface area (Å²) in [5.74, 6) is -0.184. The van der Waals surface area contributed by atoms with Crippen molar-refractivity contribution in [3.05, 3.63) is 32.4 Å². The maximum absolute atomic E-state index is 12.5. The van der Waals surface area contributed by atoms with Crippen LogP contribution in [0.25, 0.3) is 0 Å². The van der Waals surface area contributed by atoms with Gasteiger partial charge in [-0.25, -0.2) is 8.78 Å². The summed E-state index contributed by atoms with van der Waals surface area (Å²) < 4.78 is 25.7. The minimum absolute atomic E-state index is 0.0596. The van der Waals surface area contributed by atoms with Gasteiger partial charge in [0.25, 0.3) is 6.43 Å². The van der Waals surface area contributed by atoms with Gasteiger partial charge < -0.3 is 0 Å². The van der Waals surface area contributed by atoms with E-state index in [0.29, 0.717) is 11.1 Å². The summed E-state index contributed by atoms with van der Waals surface area (Å²) in [7, 11) is 0. The Morgan fingerprint density at radius 2 is 2.00 bits per heavy atom. The standard InChI is InChI=1S/C10H9F2IO/c1-5-3-9(13)8(6(2)14)4-7(5)10(11)12/h3-4,10H,1-2H3. The molecule has 1 aromatic carbocycles. The van der Waals surface area contributed by atoms with Crippen LogP contribution in [0.5, 0.6) is 0 Å². The largest absolute Gasteiger partial charge is 0.294 e. The van der Waals surface area contributed by atoms with Crippen molar-refractivity contribution in [2.24, 2.45) is 0 Å². The van der Waals surface area contributed by atoms with Gasteiger partial charge in [-0.2, -0.15) is 0 Å². The van der Waals surface area contributed by atoms with Crippen LogP contribution < -0.4 is 0 Å². The number of hydrogen-bond donors (Lipinski definition) is 0. The summed E-state index contributed by atoms with van der Waals surface area (Å²) >= 11 is 1.98. The van der Waals surface area contributed by atoms with Crippen LogP contribution in [0.4, 0.5) is 8.78 Å². The van der Waals surface area contributed by atoms with Crippen molar-refractivity contribution in [3.63, 3.8) is 0 Å². The number of carbonyl (C=O) groups excluding carboxylic acids is 1. The second-order valence-electron chi connectivity index (χ2n) is 3.05. The van der Waals surface area contributed by atoms with E-state index in [-0.39, 0.29) is 11.3 Å². The van der Waals surface area contributed by atoms with Crippen LogP contribution >= 0.6 is 22.6 Å². The topological polar surface area (TPSA) is 17.1 Å². The molecule has 76 valence electrons. The lowest BCUT2D eigenvalue weighted by Crippen LogP contribution is -2.00. The Morgan fingerprint density at radius 3 is 2.43 bits per heavy atom. The third kappa shape index (κ3) is 2.29. The van der Waals surface area contributed by atoms with E-state index in [0.717, 1.165) is 3.57 Å². The fourth-order valence-electron chi connectivity index (χ4n) is 1.19. The maximum atomic E-state index is 12.5. The van der Waals surface area contributed by atoms with Crippen molar-refractivity contribution in [2.45, 2.75) is 20.3 Å². The van der Waals surface area contributed by atoms with Gasteiger partial charge in [-0.05, 0) is 54.1 Å². The zero-order valence-electron chi connectivity index (χ0n) is 7.77. The SMILES string of the molecule is CC(=O)c1cc(C(F)F)c(C)cc1I. The van der Waals surface area contributed by atoms with Crippen molar-refractivity contribution < 1.29 is 13.6 Å². The Labute approximate surface area is 94.6 Å². The number of aryl methyl sites for hydroxylation is 1. The average molecular weight is 310 g/mol. The number of hydrogen-bond acceptors (Lipinski definition) is 1. The van der Waals surface area contributed by atoms with Crippen molar-refractivity contribution in [2.75, 3.05) is 0 Å². The maximum Gasteiger partial charge on any atom is 0.264 e. The van der Waals surface area contributed by atoms with Gasteiger partial charge in [0.2, 0.25) is 0 Å². The normalized spacial score (nSPS) is 10.7. The van der Waals surface area contributed by atoms with Gasteiger partial charge in [0.1, 0.15) is 0 Å². The molecule has 1 rings (SSSR count). The summed E-state index contributed by atoms with van der Waals surface area (Å²) in [6, 6.07) is 2.89. The number of alkyl halides is 2. The molecule has 0 aliphatic heterocycles. The molecule has 1 nitrogen and oxygen atoms in total. The monoisotopic (exact) mass is 310 g/mol. The van der Waals surface area contributed by atoms with Crippen LogP contribution in [-0.2, 0) is 0 Å². The average Bonchev–Trinajstić information content (AvgIpc) is 2.02. The number of benzene rings is 1. The number of Topliss-reactive ketones (excluding diaryl/α,β-unsaturated/α-hetero) is 1. The first-order valence-electron chi connectivity index (χ1n) is 4.02. The Kier molecular flexibility index (Phi) is 3.58. The quantitative estimate of drug-likeness (QED) is 0.601. The fraction of sp³-hybridized carbons (Fsp3) is 0.300. The summed E-state index contributed by atoms with van der Waals surface area (Å²) in [6.07, 6.45) is -2.52. The number of rotatable bonds is 2. The molecule has 0 aliphatic carbocycles. The van der Waals surface area contributed by atoms with Gasteiger partial charge >= 0.3 is 0 Å². The van der Waals surface area contributed by atoms with Crippen molar-refractivity contribution in [1.82, 2.24) is 0 Å². The van der Waals surface area contributed by atoms with Crippen LogP contribution in [0.2, 0.25) is 0 Å². The third-order valence-corrected chi connectivity index (χ3v) is 2.86. The van der Waals surface area contributed by atoms with E-state index in [2.05, 4.69) is 0 Å². The lowest BCUT2D eigenvalue weighted by atomic mass is 10.0.